The predicted octanol–water partition coefficient (Wildman–Crippen LogP) is 16.9. The van der Waals surface area contributed by atoms with Gasteiger partial charge >= 0.3 is 0 Å². The van der Waals surface area contributed by atoms with Crippen LogP contribution in [0.1, 0.15) is 67.2 Å². The summed E-state index contributed by atoms with van der Waals surface area (Å²) in [5.41, 5.74) is 17.7. The molecule has 1 unspecified atom stereocenters. The summed E-state index contributed by atoms with van der Waals surface area (Å²) in [6.45, 7) is 2.40. The molecule has 1 fully saturated rings. The standard InChI is InChI=1S/C60H47NO/c1-60(43-23-6-3-7-24-43)51-31-12-8-26-46(51)47-38-37-42(39-52(47)60)44-25-9-13-32-53(44)61(55-34-18-36-57-59(55)50-28-11-15-35-56(50)62-57)54-33-14-10-27-48(54)49-30-17-22-41-21-16-29-45(58(41)49)40-19-4-2-5-20-40/h3,6-18,21-40H,2,4-5,19-20H2,1H3. The molecule has 1 atom stereocenters. The van der Waals surface area contributed by atoms with E-state index in [0.717, 1.165) is 39.0 Å². The lowest BCUT2D eigenvalue weighted by Crippen LogP contribution is -2.22. The van der Waals surface area contributed by atoms with E-state index in [1.54, 1.807) is 0 Å². The molecule has 2 aliphatic carbocycles. The predicted molar refractivity (Wildman–Crippen MR) is 260 cm³/mol. The van der Waals surface area contributed by atoms with Crippen LogP contribution in [0.4, 0.5) is 17.1 Å². The van der Waals surface area contributed by atoms with Gasteiger partial charge in [0, 0.05) is 21.9 Å². The first-order chi connectivity index (χ1) is 30.7. The smallest absolute Gasteiger partial charge is 0.137 e. The summed E-state index contributed by atoms with van der Waals surface area (Å²) < 4.78 is 6.60. The van der Waals surface area contributed by atoms with Crippen molar-refractivity contribution in [3.63, 3.8) is 0 Å². The second kappa shape index (κ2) is 14.8. The van der Waals surface area contributed by atoms with E-state index < -0.39 is 0 Å². The van der Waals surface area contributed by atoms with Gasteiger partial charge in [0.2, 0.25) is 0 Å². The Morgan fingerprint density at radius 3 is 1.90 bits per heavy atom. The van der Waals surface area contributed by atoms with Crippen LogP contribution in [0.15, 0.2) is 205 Å². The van der Waals surface area contributed by atoms with Crippen LogP contribution in [0.3, 0.4) is 0 Å². The Hall–Kier alpha value is -7.16. The first-order valence-corrected chi connectivity index (χ1v) is 22.4. The van der Waals surface area contributed by atoms with Crippen LogP contribution >= 0.6 is 0 Å². The summed E-state index contributed by atoms with van der Waals surface area (Å²) in [6, 6.07) is 74.1. The molecule has 0 saturated heterocycles. The average molecular weight is 798 g/mol. The van der Waals surface area contributed by atoms with E-state index in [0.29, 0.717) is 5.92 Å². The number of hydrogen-bond acceptors (Lipinski definition) is 2. The van der Waals surface area contributed by atoms with Gasteiger partial charge in [-0.05, 0) is 117 Å². The molecule has 0 amide bonds. The lowest BCUT2D eigenvalue weighted by molar-refractivity contribution is 0.445. The quantitative estimate of drug-likeness (QED) is 0.160. The van der Waals surface area contributed by atoms with E-state index in [4.69, 9.17) is 4.42 Å². The molecule has 0 spiro atoms. The molecule has 10 aromatic rings. The molecule has 1 heterocycles. The maximum atomic E-state index is 6.60. The van der Waals surface area contributed by atoms with Crippen LogP contribution in [0.2, 0.25) is 0 Å². The first-order valence-electron chi connectivity index (χ1n) is 22.4. The number of furan rings is 1. The third-order valence-corrected chi connectivity index (χ3v) is 14.2. The summed E-state index contributed by atoms with van der Waals surface area (Å²) in [5, 5.41) is 4.90. The Morgan fingerprint density at radius 1 is 0.452 bits per heavy atom. The number of benzene rings is 9. The zero-order chi connectivity index (χ0) is 41.2. The van der Waals surface area contributed by atoms with Crippen molar-refractivity contribution in [2.24, 2.45) is 0 Å². The zero-order valence-electron chi connectivity index (χ0n) is 35.0. The minimum absolute atomic E-state index is 0.309. The molecular formula is C60H47NO. The van der Waals surface area contributed by atoms with E-state index >= 15 is 0 Å². The fourth-order valence-electron chi connectivity index (χ4n) is 11.2. The molecule has 1 saturated carbocycles. The fraction of sp³-hybridized carbons (Fsp3) is 0.133. The summed E-state index contributed by atoms with van der Waals surface area (Å²) in [4.78, 5) is 2.52. The highest BCUT2D eigenvalue weighted by atomic mass is 16.3. The van der Waals surface area contributed by atoms with Gasteiger partial charge in [-0.25, -0.2) is 0 Å². The van der Waals surface area contributed by atoms with Crippen LogP contribution in [-0.4, -0.2) is 0 Å². The molecule has 0 bridgehead atoms. The summed E-state index contributed by atoms with van der Waals surface area (Å²) in [7, 11) is 0. The van der Waals surface area contributed by atoms with Gasteiger partial charge in [0.1, 0.15) is 11.2 Å². The van der Waals surface area contributed by atoms with Gasteiger partial charge < -0.3 is 9.32 Å². The van der Waals surface area contributed by atoms with Gasteiger partial charge in [0.25, 0.3) is 0 Å². The van der Waals surface area contributed by atoms with Crippen molar-refractivity contribution in [1.82, 2.24) is 0 Å². The van der Waals surface area contributed by atoms with Crippen LogP contribution in [-0.2, 0) is 5.41 Å². The molecule has 12 rings (SSSR count). The second-order valence-corrected chi connectivity index (χ2v) is 17.5. The zero-order valence-corrected chi connectivity index (χ0v) is 35.0. The third-order valence-electron chi connectivity index (χ3n) is 14.2. The van der Waals surface area contributed by atoms with Crippen LogP contribution in [0.5, 0.6) is 0 Å². The Labute approximate surface area is 363 Å². The van der Waals surface area contributed by atoms with Gasteiger partial charge in [-0.15, -0.1) is 0 Å². The van der Waals surface area contributed by atoms with Crippen molar-refractivity contribution in [3.8, 4) is 33.4 Å². The van der Waals surface area contributed by atoms with E-state index in [2.05, 4.69) is 212 Å². The Kier molecular flexibility index (Phi) is 8.74. The van der Waals surface area contributed by atoms with Crippen molar-refractivity contribution in [2.75, 3.05) is 4.90 Å². The lowest BCUT2D eigenvalue weighted by atomic mass is 9.74. The Morgan fingerprint density at radius 2 is 1.06 bits per heavy atom. The molecule has 0 N–H and O–H groups in total. The number of hydrogen-bond donors (Lipinski definition) is 0. The summed E-state index contributed by atoms with van der Waals surface area (Å²) in [5.74, 6) is 0.566. The third kappa shape index (κ3) is 5.70. The van der Waals surface area contributed by atoms with Crippen molar-refractivity contribution in [1.29, 1.82) is 0 Å². The molecule has 0 aliphatic heterocycles. The van der Waals surface area contributed by atoms with Gasteiger partial charge in [-0.1, -0.05) is 183 Å². The number of anilines is 3. The minimum atomic E-state index is -0.309. The number of rotatable bonds is 7. The van der Waals surface area contributed by atoms with Crippen molar-refractivity contribution in [3.05, 3.63) is 222 Å². The molecule has 2 heteroatoms. The molecule has 62 heavy (non-hydrogen) atoms. The SMILES string of the molecule is CC1(c2ccccc2)c2ccccc2-c2ccc(-c3ccccc3N(c3ccccc3-c3cccc4cccc(C5CCCCC5)c34)c3cccc4oc5ccccc5c34)cc21. The molecule has 2 nitrogen and oxygen atoms in total. The average Bonchev–Trinajstić information content (AvgIpc) is 3.85. The van der Waals surface area contributed by atoms with Gasteiger partial charge in [-0.2, -0.15) is 0 Å². The monoisotopic (exact) mass is 797 g/mol. The first kappa shape index (κ1) is 36.7. The molecule has 0 radical (unpaired) electrons. The number of nitrogens with zero attached hydrogens (tertiary/aromatic N) is 1. The van der Waals surface area contributed by atoms with Crippen molar-refractivity contribution < 1.29 is 4.42 Å². The maximum Gasteiger partial charge on any atom is 0.137 e. The van der Waals surface area contributed by atoms with Gasteiger partial charge in [0.05, 0.1) is 22.4 Å². The summed E-state index contributed by atoms with van der Waals surface area (Å²) in [6.07, 6.45) is 6.43. The lowest BCUT2D eigenvalue weighted by Gasteiger charge is -2.31. The minimum Gasteiger partial charge on any atom is -0.456 e. The molecule has 1 aromatic heterocycles. The van der Waals surface area contributed by atoms with E-state index in [-0.39, 0.29) is 5.41 Å². The fourth-order valence-corrected chi connectivity index (χ4v) is 11.2. The Balaban J connectivity index is 1.12. The van der Waals surface area contributed by atoms with Gasteiger partial charge in [0.15, 0.2) is 0 Å². The molecular weight excluding hydrogens is 751 g/mol. The van der Waals surface area contributed by atoms with E-state index in [1.165, 1.54) is 98.5 Å². The second-order valence-electron chi connectivity index (χ2n) is 17.5. The summed E-state index contributed by atoms with van der Waals surface area (Å²) >= 11 is 0. The van der Waals surface area contributed by atoms with Crippen molar-refractivity contribution in [2.45, 2.75) is 50.4 Å². The number of fused-ring (bicyclic) bond motifs is 7. The van der Waals surface area contributed by atoms with E-state index in [1.807, 2.05) is 0 Å². The molecule has 298 valence electrons. The Bertz CT molecular complexity index is 3310. The molecule has 2 aliphatic rings. The largest absolute Gasteiger partial charge is 0.456 e. The molecule has 9 aromatic carbocycles. The van der Waals surface area contributed by atoms with E-state index in [9.17, 15) is 0 Å². The van der Waals surface area contributed by atoms with Crippen LogP contribution in [0, 0.1) is 0 Å². The van der Waals surface area contributed by atoms with Crippen LogP contribution in [0.25, 0.3) is 66.1 Å². The maximum absolute atomic E-state index is 6.60. The van der Waals surface area contributed by atoms with Gasteiger partial charge in [-0.3, -0.25) is 0 Å². The highest BCUT2D eigenvalue weighted by Gasteiger charge is 2.41. The van der Waals surface area contributed by atoms with Crippen LogP contribution < -0.4 is 4.90 Å². The highest BCUT2D eigenvalue weighted by molar-refractivity contribution is 6.15. The number of para-hydroxylation sites is 3. The normalized spacial score (nSPS) is 16.1. The topological polar surface area (TPSA) is 16.4 Å². The highest BCUT2D eigenvalue weighted by Crippen LogP contribution is 2.55. The van der Waals surface area contributed by atoms with Crippen molar-refractivity contribution >= 4 is 49.8 Å².